The molecule has 94 valence electrons. The number of hydrogen-bond acceptors (Lipinski definition) is 3. The maximum atomic E-state index is 11.5. The molecular weight excluding hydrogens is 302 g/mol. The van der Waals surface area contributed by atoms with Gasteiger partial charge in [0.15, 0.2) is 0 Å². The van der Waals surface area contributed by atoms with E-state index < -0.39 is 0 Å². The average molecular weight is 318 g/mol. The number of carbonyl (C=O) groups excluding carboxylic acids is 1. The highest BCUT2D eigenvalue weighted by Gasteiger charge is 2.02. The number of hydrogen-bond donors (Lipinski definition) is 2. The Labute approximate surface area is 114 Å². The van der Waals surface area contributed by atoms with Gasteiger partial charge in [-0.05, 0) is 40.4 Å². The highest BCUT2D eigenvalue weighted by molar-refractivity contribution is 9.10. The summed E-state index contributed by atoms with van der Waals surface area (Å²) in [4.78, 5) is 12.5. The first-order valence-electron chi connectivity index (χ1n) is 5.42. The molecule has 1 aromatic rings. The van der Waals surface area contributed by atoms with Crippen molar-refractivity contribution < 1.29 is 9.90 Å². The number of rotatable bonds is 6. The molecule has 0 saturated carbocycles. The van der Waals surface area contributed by atoms with Crippen LogP contribution in [0.2, 0.25) is 0 Å². The van der Waals surface area contributed by atoms with Crippen molar-refractivity contribution in [2.75, 3.05) is 13.2 Å². The van der Waals surface area contributed by atoms with Crippen LogP contribution in [0, 0.1) is 5.92 Å². The molecule has 1 amide bonds. The maximum absolute atomic E-state index is 11.5. The van der Waals surface area contributed by atoms with Crippen molar-refractivity contribution in [1.29, 1.82) is 0 Å². The van der Waals surface area contributed by atoms with E-state index in [0.29, 0.717) is 18.9 Å². The van der Waals surface area contributed by atoms with Gasteiger partial charge in [-0.3, -0.25) is 4.79 Å². The molecule has 0 aliphatic rings. The third-order valence-electron chi connectivity index (χ3n) is 2.23. The summed E-state index contributed by atoms with van der Waals surface area (Å²) < 4.78 is 1.03. The Morgan fingerprint density at radius 3 is 3.06 bits per heavy atom. The predicted molar refractivity (Wildman–Crippen MR) is 74.9 cm³/mol. The van der Waals surface area contributed by atoms with E-state index in [-0.39, 0.29) is 12.5 Å². The fraction of sp³-hybridized carbons (Fsp3) is 0.417. The highest BCUT2D eigenvalue weighted by atomic mass is 79.9. The fourth-order valence-corrected chi connectivity index (χ4v) is 2.57. The van der Waals surface area contributed by atoms with Crippen LogP contribution in [0.1, 0.15) is 18.2 Å². The lowest BCUT2D eigenvalue weighted by molar-refractivity contribution is -0.116. The van der Waals surface area contributed by atoms with Gasteiger partial charge < -0.3 is 10.4 Å². The van der Waals surface area contributed by atoms with E-state index in [0.717, 1.165) is 9.35 Å². The molecule has 1 atom stereocenters. The third kappa shape index (κ3) is 6.00. The number of halogens is 1. The van der Waals surface area contributed by atoms with Crippen molar-refractivity contribution in [2.24, 2.45) is 5.92 Å². The third-order valence-corrected chi connectivity index (χ3v) is 3.89. The second kappa shape index (κ2) is 7.63. The van der Waals surface area contributed by atoms with E-state index in [4.69, 9.17) is 5.11 Å². The summed E-state index contributed by atoms with van der Waals surface area (Å²) in [5.41, 5.74) is 0. The SMILES string of the molecule is CC(CCO)CNC(=O)/C=C/c1cc(Br)cs1. The number of thiophene rings is 1. The zero-order chi connectivity index (χ0) is 12.7. The smallest absolute Gasteiger partial charge is 0.244 e. The lowest BCUT2D eigenvalue weighted by Gasteiger charge is -2.09. The van der Waals surface area contributed by atoms with E-state index in [1.54, 1.807) is 17.4 Å². The lowest BCUT2D eigenvalue weighted by atomic mass is 10.1. The van der Waals surface area contributed by atoms with Crippen molar-refractivity contribution in [3.63, 3.8) is 0 Å². The summed E-state index contributed by atoms with van der Waals surface area (Å²) in [5.74, 6) is 0.201. The summed E-state index contributed by atoms with van der Waals surface area (Å²) in [5, 5.41) is 13.5. The lowest BCUT2D eigenvalue weighted by Crippen LogP contribution is -2.26. The molecule has 0 bridgehead atoms. The van der Waals surface area contributed by atoms with Gasteiger partial charge >= 0.3 is 0 Å². The molecule has 17 heavy (non-hydrogen) atoms. The van der Waals surface area contributed by atoms with Crippen molar-refractivity contribution in [1.82, 2.24) is 5.32 Å². The first kappa shape index (κ1) is 14.4. The maximum Gasteiger partial charge on any atom is 0.244 e. The number of aliphatic hydroxyl groups excluding tert-OH is 1. The van der Waals surface area contributed by atoms with Crippen LogP contribution < -0.4 is 5.32 Å². The summed E-state index contributed by atoms with van der Waals surface area (Å²) in [7, 11) is 0. The molecule has 3 nitrogen and oxygen atoms in total. The van der Waals surface area contributed by atoms with Gasteiger partial charge in [-0.2, -0.15) is 0 Å². The molecule has 2 N–H and O–H groups in total. The van der Waals surface area contributed by atoms with Crippen LogP contribution in [-0.4, -0.2) is 24.2 Å². The minimum Gasteiger partial charge on any atom is -0.396 e. The Balaban J connectivity index is 2.32. The van der Waals surface area contributed by atoms with Gasteiger partial charge in [0.25, 0.3) is 0 Å². The van der Waals surface area contributed by atoms with Crippen molar-refractivity contribution in [3.8, 4) is 0 Å². The molecular formula is C12H16BrNO2S. The summed E-state index contributed by atoms with van der Waals surface area (Å²) in [6, 6.07) is 1.96. The molecule has 1 rings (SSSR count). The number of aliphatic hydroxyl groups is 1. The minimum atomic E-state index is -0.0979. The molecule has 0 radical (unpaired) electrons. The normalized spacial score (nSPS) is 12.9. The Morgan fingerprint density at radius 2 is 2.47 bits per heavy atom. The van der Waals surface area contributed by atoms with Gasteiger partial charge in [0.1, 0.15) is 0 Å². The fourth-order valence-electron chi connectivity index (χ4n) is 1.23. The first-order chi connectivity index (χ1) is 8.11. The molecule has 5 heteroatoms. The van der Waals surface area contributed by atoms with E-state index in [9.17, 15) is 4.79 Å². The molecule has 0 aliphatic carbocycles. The van der Waals surface area contributed by atoms with E-state index in [1.165, 1.54) is 6.08 Å². The molecule has 0 spiro atoms. The Bertz CT molecular complexity index is 390. The van der Waals surface area contributed by atoms with Crippen LogP contribution >= 0.6 is 27.3 Å². The molecule has 1 aromatic heterocycles. The quantitative estimate of drug-likeness (QED) is 0.792. The molecule has 0 saturated heterocycles. The van der Waals surface area contributed by atoms with Crippen molar-refractivity contribution in [2.45, 2.75) is 13.3 Å². The van der Waals surface area contributed by atoms with Crippen LogP contribution in [0.4, 0.5) is 0 Å². The van der Waals surface area contributed by atoms with Gasteiger partial charge in [0.05, 0.1) is 0 Å². The number of carbonyl (C=O) groups is 1. The van der Waals surface area contributed by atoms with Crippen LogP contribution in [0.3, 0.4) is 0 Å². The van der Waals surface area contributed by atoms with Crippen LogP contribution in [0.5, 0.6) is 0 Å². The van der Waals surface area contributed by atoms with Crippen LogP contribution in [0.25, 0.3) is 6.08 Å². The summed E-state index contributed by atoms with van der Waals surface area (Å²) in [6.45, 7) is 2.75. The van der Waals surface area contributed by atoms with E-state index in [1.807, 2.05) is 18.4 Å². The zero-order valence-electron chi connectivity index (χ0n) is 9.65. The first-order valence-corrected chi connectivity index (χ1v) is 7.10. The summed E-state index contributed by atoms with van der Waals surface area (Å²) in [6.07, 6.45) is 4.03. The standard InChI is InChI=1S/C12H16BrNO2S/c1-9(4-5-15)7-14-12(16)3-2-11-6-10(13)8-17-11/h2-3,6,8-9,15H,4-5,7H2,1H3,(H,14,16)/b3-2+. The molecule has 1 unspecified atom stereocenters. The molecule has 1 heterocycles. The Hall–Kier alpha value is -0.650. The van der Waals surface area contributed by atoms with Gasteiger partial charge in [-0.15, -0.1) is 11.3 Å². The van der Waals surface area contributed by atoms with Crippen LogP contribution in [-0.2, 0) is 4.79 Å². The minimum absolute atomic E-state index is 0.0979. The van der Waals surface area contributed by atoms with Gasteiger partial charge in [-0.1, -0.05) is 6.92 Å². The molecule has 0 fully saturated rings. The summed E-state index contributed by atoms with van der Waals surface area (Å²) >= 11 is 4.94. The zero-order valence-corrected chi connectivity index (χ0v) is 12.1. The Kier molecular flexibility index (Phi) is 6.47. The topological polar surface area (TPSA) is 49.3 Å². The average Bonchev–Trinajstić information content (AvgIpc) is 2.70. The van der Waals surface area contributed by atoms with E-state index in [2.05, 4.69) is 21.2 Å². The molecule has 0 aromatic carbocycles. The second-order valence-corrected chi connectivity index (χ2v) is 5.72. The largest absolute Gasteiger partial charge is 0.396 e. The number of nitrogens with one attached hydrogen (secondary N) is 1. The van der Waals surface area contributed by atoms with Crippen molar-refractivity contribution in [3.05, 3.63) is 26.9 Å². The van der Waals surface area contributed by atoms with Gasteiger partial charge in [0.2, 0.25) is 5.91 Å². The number of amides is 1. The highest BCUT2D eigenvalue weighted by Crippen LogP contribution is 2.20. The molecule has 0 aliphatic heterocycles. The Morgan fingerprint density at radius 1 is 1.71 bits per heavy atom. The van der Waals surface area contributed by atoms with Crippen LogP contribution in [0.15, 0.2) is 22.0 Å². The van der Waals surface area contributed by atoms with Gasteiger partial charge in [0, 0.05) is 34.0 Å². The van der Waals surface area contributed by atoms with E-state index >= 15 is 0 Å². The predicted octanol–water partition coefficient (Wildman–Crippen LogP) is 2.66. The van der Waals surface area contributed by atoms with Gasteiger partial charge in [-0.25, -0.2) is 0 Å². The monoisotopic (exact) mass is 317 g/mol. The van der Waals surface area contributed by atoms with Crippen molar-refractivity contribution >= 4 is 39.2 Å². The second-order valence-electron chi connectivity index (χ2n) is 3.86.